The molecule has 0 bridgehead atoms. The molecule has 0 radical (unpaired) electrons. The summed E-state index contributed by atoms with van der Waals surface area (Å²) in [4.78, 5) is 0. The van der Waals surface area contributed by atoms with E-state index in [2.05, 4.69) is 0 Å². The van der Waals surface area contributed by atoms with Gasteiger partial charge in [0.15, 0.2) is 0 Å². The van der Waals surface area contributed by atoms with Crippen molar-refractivity contribution in [1.82, 2.24) is 0 Å². The Balaban J connectivity index is 2.23. The molecule has 15 heavy (non-hydrogen) atoms. The van der Waals surface area contributed by atoms with Crippen LogP contribution in [0.5, 0.6) is 5.75 Å². The van der Waals surface area contributed by atoms with Crippen molar-refractivity contribution in [2.75, 3.05) is 13.2 Å². The largest absolute Gasteiger partial charge is 0.485 e. The predicted octanol–water partition coefficient (Wildman–Crippen LogP) is 1.62. The third-order valence-electron chi connectivity index (χ3n) is 2.37. The van der Waals surface area contributed by atoms with E-state index in [1.54, 1.807) is 19.1 Å². The van der Waals surface area contributed by atoms with E-state index < -0.39 is 0 Å². The molecular formula is C11H14FNO2. The van der Waals surface area contributed by atoms with E-state index in [0.29, 0.717) is 24.5 Å². The molecule has 2 N–H and O–H groups in total. The fraction of sp³-hybridized carbons (Fsp3) is 0.455. The maximum atomic E-state index is 13.5. The Kier molecular flexibility index (Phi) is 2.88. The van der Waals surface area contributed by atoms with Crippen molar-refractivity contribution in [3.05, 3.63) is 29.6 Å². The molecule has 1 aromatic rings. The second kappa shape index (κ2) is 4.16. The van der Waals surface area contributed by atoms with Crippen molar-refractivity contribution in [2.45, 2.75) is 19.1 Å². The maximum Gasteiger partial charge on any atom is 0.145 e. The monoisotopic (exact) mass is 211 g/mol. The molecular weight excluding hydrogens is 197 g/mol. The van der Waals surface area contributed by atoms with E-state index in [-0.39, 0.29) is 18.0 Å². The SMILES string of the molecule is CC(N)c1c(F)cccc1OC1COC1. The molecule has 82 valence electrons. The van der Waals surface area contributed by atoms with E-state index in [9.17, 15) is 4.39 Å². The van der Waals surface area contributed by atoms with Gasteiger partial charge in [-0.2, -0.15) is 0 Å². The molecule has 1 atom stereocenters. The highest BCUT2D eigenvalue weighted by atomic mass is 19.1. The number of halogens is 1. The van der Waals surface area contributed by atoms with Crippen LogP contribution in [0.3, 0.4) is 0 Å². The van der Waals surface area contributed by atoms with Crippen molar-refractivity contribution in [3.8, 4) is 5.75 Å². The standard InChI is InChI=1S/C11H14FNO2/c1-7(13)11-9(12)3-2-4-10(11)15-8-5-14-6-8/h2-4,7-8H,5-6,13H2,1H3. The van der Waals surface area contributed by atoms with Gasteiger partial charge in [0.1, 0.15) is 17.7 Å². The Bertz CT molecular complexity index is 350. The van der Waals surface area contributed by atoms with Crippen LogP contribution in [0.25, 0.3) is 0 Å². The van der Waals surface area contributed by atoms with Crippen molar-refractivity contribution >= 4 is 0 Å². The number of hydrogen-bond donors (Lipinski definition) is 1. The van der Waals surface area contributed by atoms with Crippen LogP contribution < -0.4 is 10.5 Å². The molecule has 4 heteroatoms. The Morgan fingerprint density at radius 3 is 2.80 bits per heavy atom. The van der Waals surface area contributed by atoms with Crippen molar-refractivity contribution in [3.63, 3.8) is 0 Å². The molecule has 1 saturated heterocycles. The number of ether oxygens (including phenoxy) is 2. The van der Waals surface area contributed by atoms with Crippen molar-refractivity contribution in [1.29, 1.82) is 0 Å². The molecule has 2 rings (SSSR count). The van der Waals surface area contributed by atoms with Crippen LogP contribution in [0.2, 0.25) is 0 Å². The van der Waals surface area contributed by atoms with Gasteiger partial charge < -0.3 is 15.2 Å². The average molecular weight is 211 g/mol. The fourth-order valence-corrected chi connectivity index (χ4v) is 1.52. The summed E-state index contributed by atoms with van der Waals surface area (Å²) in [5.74, 6) is 0.209. The third kappa shape index (κ3) is 2.11. The van der Waals surface area contributed by atoms with Gasteiger partial charge in [0.05, 0.1) is 13.2 Å². The summed E-state index contributed by atoms with van der Waals surface area (Å²) < 4.78 is 24.0. The Morgan fingerprint density at radius 1 is 1.53 bits per heavy atom. The Hall–Kier alpha value is -1.13. The first-order valence-corrected chi connectivity index (χ1v) is 4.97. The molecule has 0 aromatic heterocycles. The number of rotatable bonds is 3. The van der Waals surface area contributed by atoms with Gasteiger partial charge in [0, 0.05) is 11.6 Å². The van der Waals surface area contributed by atoms with Gasteiger partial charge in [-0.05, 0) is 19.1 Å². The maximum absolute atomic E-state index is 13.5. The molecule has 1 unspecified atom stereocenters. The van der Waals surface area contributed by atoms with Crippen LogP contribution in [-0.2, 0) is 4.74 Å². The zero-order valence-corrected chi connectivity index (χ0v) is 8.57. The van der Waals surface area contributed by atoms with Gasteiger partial charge >= 0.3 is 0 Å². The zero-order valence-electron chi connectivity index (χ0n) is 8.57. The number of hydrogen-bond acceptors (Lipinski definition) is 3. The molecule has 1 aliphatic rings. The Morgan fingerprint density at radius 2 is 2.27 bits per heavy atom. The minimum Gasteiger partial charge on any atom is -0.485 e. The molecule has 0 aliphatic carbocycles. The van der Waals surface area contributed by atoms with E-state index in [1.165, 1.54) is 6.07 Å². The average Bonchev–Trinajstić information content (AvgIpc) is 2.10. The highest BCUT2D eigenvalue weighted by Crippen LogP contribution is 2.28. The Labute approximate surface area is 88.0 Å². The molecule has 1 aromatic carbocycles. The lowest BCUT2D eigenvalue weighted by atomic mass is 10.1. The molecule has 0 amide bonds. The molecule has 1 aliphatic heterocycles. The molecule has 0 spiro atoms. The van der Waals surface area contributed by atoms with Crippen molar-refractivity contribution in [2.24, 2.45) is 5.73 Å². The van der Waals surface area contributed by atoms with Crippen LogP contribution in [0.1, 0.15) is 18.5 Å². The van der Waals surface area contributed by atoms with E-state index >= 15 is 0 Å². The predicted molar refractivity (Wildman–Crippen MR) is 54.2 cm³/mol. The number of nitrogens with two attached hydrogens (primary N) is 1. The minimum absolute atomic E-state index is 0.0318. The summed E-state index contributed by atoms with van der Waals surface area (Å²) in [7, 11) is 0. The first-order valence-electron chi connectivity index (χ1n) is 4.97. The summed E-state index contributed by atoms with van der Waals surface area (Å²) >= 11 is 0. The lowest BCUT2D eigenvalue weighted by Gasteiger charge is -2.28. The topological polar surface area (TPSA) is 44.5 Å². The summed E-state index contributed by atoms with van der Waals surface area (Å²) in [6.45, 7) is 2.87. The van der Waals surface area contributed by atoms with Gasteiger partial charge in [-0.3, -0.25) is 0 Å². The molecule has 1 heterocycles. The first kappa shape index (κ1) is 10.4. The molecule has 0 saturated carbocycles. The third-order valence-corrected chi connectivity index (χ3v) is 2.37. The number of benzene rings is 1. The normalized spacial score (nSPS) is 18.3. The fourth-order valence-electron chi connectivity index (χ4n) is 1.52. The molecule has 1 fully saturated rings. The first-order chi connectivity index (χ1) is 7.18. The van der Waals surface area contributed by atoms with Crippen molar-refractivity contribution < 1.29 is 13.9 Å². The molecule has 3 nitrogen and oxygen atoms in total. The van der Waals surface area contributed by atoms with E-state index in [4.69, 9.17) is 15.2 Å². The van der Waals surface area contributed by atoms with Crippen LogP contribution >= 0.6 is 0 Å². The van der Waals surface area contributed by atoms with Gasteiger partial charge in [0.2, 0.25) is 0 Å². The van der Waals surface area contributed by atoms with Gasteiger partial charge in [-0.25, -0.2) is 4.39 Å². The van der Waals surface area contributed by atoms with Crippen LogP contribution in [0, 0.1) is 5.82 Å². The van der Waals surface area contributed by atoms with E-state index in [1.807, 2.05) is 0 Å². The van der Waals surface area contributed by atoms with Crippen LogP contribution in [-0.4, -0.2) is 19.3 Å². The minimum atomic E-state index is -0.373. The van der Waals surface area contributed by atoms with E-state index in [0.717, 1.165) is 0 Å². The smallest absolute Gasteiger partial charge is 0.145 e. The lowest BCUT2D eigenvalue weighted by Crippen LogP contribution is -2.39. The second-order valence-electron chi connectivity index (χ2n) is 3.72. The summed E-state index contributed by atoms with van der Waals surface area (Å²) in [5, 5.41) is 0. The zero-order chi connectivity index (χ0) is 10.8. The van der Waals surface area contributed by atoms with Crippen LogP contribution in [0.4, 0.5) is 4.39 Å². The highest BCUT2D eigenvalue weighted by Gasteiger charge is 2.23. The highest BCUT2D eigenvalue weighted by molar-refractivity contribution is 5.37. The van der Waals surface area contributed by atoms with Gasteiger partial charge in [0.25, 0.3) is 0 Å². The summed E-state index contributed by atoms with van der Waals surface area (Å²) in [6.07, 6.45) is 0.0318. The quantitative estimate of drug-likeness (QED) is 0.826. The van der Waals surface area contributed by atoms with Gasteiger partial charge in [-0.1, -0.05) is 6.07 Å². The lowest BCUT2D eigenvalue weighted by molar-refractivity contribution is -0.0801. The van der Waals surface area contributed by atoms with Gasteiger partial charge in [-0.15, -0.1) is 0 Å². The summed E-state index contributed by atoms with van der Waals surface area (Å²) in [6, 6.07) is 4.38. The van der Waals surface area contributed by atoms with Crippen LogP contribution in [0.15, 0.2) is 18.2 Å². The second-order valence-corrected chi connectivity index (χ2v) is 3.72. The summed E-state index contributed by atoms with van der Waals surface area (Å²) in [5.41, 5.74) is 6.13.